The highest BCUT2D eigenvalue weighted by Crippen LogP contribution is 2.36. The Balaban J connectivity index is 2.08. The van der Waals surface area contributed by atoms with E-state index in [1.807, 2.05) is 0 Å². The number of rotatable bonds is 3. The minimum Gasteiger partial charge on any atom is -0.466 e. The Labute approximate surface area is 167 Å². The first-order valence-corrected chi connectivity index (χ1v) is 10.8. The normalized spacial score (nSPS) is 24.7. The molecule has 0 aromatic heterocycles. The first kappa shape index (κ1) is 20.0. The van der Waals surface area contributed by atoms with Crippen molar-refractivity contribution in [3.05, 3.63) is 45.1 Å². The lowest BCUT2D eigenvalue weighted by molar-refractivity contribution is -0.136. The third-order valence-corrected chi connectivity index (χ3v) is 7.27. The standard InChI is InChI=1S/C17H18Cl2N2O5S/c1-9-14(16(22)26-2)15(10-3-4-12(18)13(19)7-10)20-17(23)21(9)11-5-6-27(24,25)8-11/h3-4,7,11,15H,5-6,8H2,1-2H3,(H,20,23). The number of hydrogen-bond acceptors (Lipinski definition) is 5. The molecule has 1 aromatic carbocycles. The molecule has 0 aliphatic carbocycles. The second-order valence-corrected chi connectivity index (χ2v) is 9.52. The zero-order valence-corrected chi connectivity index (χ0v) is 17.0. The predicted molar refractivity (Wildman–Crippen MR) is 101 cm³/mol. The molecule has 0 radical (unpaired) electrons. The van der Waals surface area contributed by atoms with E-state index in [2.05, 4.69) is 5.32 Å². The number of carbonyl (C=O) groups is 2. The summed E-state index contributed by atoms with van der Waals surface area (Å²) in [6.45, 7) is 1.61. The third kappa shape index (κ3) is 3.79. The van der Waals surface area contributed by atoms with E-state index in [9.17, 15) is 18.0 Å². The summed E-state index contributed by atoms with van der Waals surface area (Å²) in [6, 6.07) is 3.02. The molecule has 3 rings (SSSR count). The van der Waals surface area contributed by atoms with Gasteiger partial charge in [-0.15, -0.1) is 0 Å². The van der Waals surface area contributed by atoms with Gasteiger partial charge in [0.05, 0.1) is 46.3 Å². The van der Waals surface area contributed by atoms with Crippen molar-refractivity contribution in [2.45, 2.75) is 25.4 Å². The van der Waals surface area contributed by atoms with Crippen LogP contribution in [0.25, 0.3) is 0 Å². The Bertz CT molecular complexity index is 945. The number of halogens is 2. The quantitative estimate of drug-likeness (QED) is 0.740. The van der Waals surface area contributed by atoms with Gasteiger partial charge < -0.3 is 10.1 Å². The highest BCUT2D eigenvalue weighted by atomic mass is 35.5. The molecule has 1 fully saturated rings. The maximum absolute atomic E-state index is 12.8. The number of nitrogens with one attached hydrogen (secondary N) is 1. The topological polar surface area (TPSA) is 92.8 Å². The van der Waals surface area contributed by atoms with E-state index in [4.69, 9.17) is 27.9 Å². The van der Waals surface area contributed by atoms with Crippen LogP contribution in [0.3, 0.4) is 0 Å². The number of esters is 1. The molecule has 0 bridgehead atoms. The molecule has 0 spiro atoms. The van der Waals surface area contributed by atoms with Crippen molar-refractivity contribution in [3.8, 4) is 0 Å². The molecular formula is C17H18Cl2N2O5S. The lowest BCUT2D eigenvalue weighted by Gasteiger charge is -2.38. The van der Waals surface area contributed by atoms with Crippen molar-refractivity contribution < 1.29 is 22.7 Å². The predicted octanol–water partition coefficient (Wildman–Crippen LogP) is 2.69. The molecule has 10 heteroatoms. The van der Waals surface area contributed by atoms with Crippen LogP contribution in [0.15, 0.2) is 29.5 Å². The fourth-order valence-corrected chi connectivity index (χ4v) is 5.50. The zero-order valence-electron chi connectivity index (χ0n) is 14.7. The first-order chi connectivity index (χ1) is 12.6. The zero-order chi connectivity index (χ0) is 19.9. The number of nitrogens with zero attached hydrogens (tertiary/aromatic N) is 1. The summed E-state index contributed by atoms with van der Waals surface area (Å²) in [5.41, 5.74) is 1.15. The Hall–Kier alpha value is -1.77. The Morgan fingerprint density at radius 1 is 1.30 bits per heavy atom. The van der Waals surface area contributed by atoms with E-state index in [0.717, 1.165) is 0 Å². The number of hydrogen-bond donors (Lipinski definition) is 1. The molecule has 27 heavy (non-hydrogen) atoms. The van der Waals surface area contributed by atoms with Gasteiger partial charge in [-0.1, -0.05) is 29.3 Å². The maximum Gasteiger partial charge on any atom is 0.337 e. The molecule has 1 N–H and O–H groups in total. The molecule has 2 atom stereocenters. The molecule has 2 unspecified atom stereocenters. The van der Waals surface area contributed by atoms with Crippen LogP contribution in [0.1, 0.15) is 24.9 Å². The lowest BCUT2D eigenvalue weighted by Crippen LogP contribution is -2.52. The van der Waals surface area contributed by atoms with Crippen LogP contribution in [0, 0.1) is 0 Å². The van der Waals surface area contributed by atoms with Crippen molar-refractivity contribution >= 4 is 45.0 Å². The van der Waals surface area contributed by atoms with E-state index in [1.54, 1.807) is 25.1 Å². The highest BCUT2D eigenvalue weighted by molar-refractivity contribution is 7.91. The average Bonchev–Trinajstić information content (AvgIpc) is 2.95. The van der Waals surface area contributed by atoms with Crippen molar-refractivity contribution in [2.75, 3.05) is 18.6 Å². The lowest BCUT2D eigenvalue weighted by atomic mass is 9.94. The van der Waals surface area contributed by atoms with Crippen LogP contribution in [0.2, 0.25) is 10.0 Å². The van der Waals surface area contributed by atoms with Crippen molar-refractivity contribution in [3.63, 3.8) is 0 Å². The van der Waals surface area contributed by atoms with E-state index in [0.29, 0.717) is 22.7 Å². The SMILES string of the molecule is COC(=O)C1=C(C)N(C2CCS(=O)(=O)C2)C(=O)NC1c1ccc(Cl)c(Cl)c1. The summed E-state index contributed by atoms with van der Waals surface area (Å²) in [7, 11) is -1.96. The summed E-state index contributed by atoms with van der Waals surface area (Å²) < 4.78 is 28.6. The molecule has 146 valence electrons. The number of benzene rings is 1. The third-order valence-electron chi connectivity index (χ3n) is 4.78. The number of ether oxygens (including phenoxy) is 1. The molecule has 2 aliphatic heterocycles. The van der Waals surface area contributed by atoms with Crippen molar-refractivity contribution in [2.24, 2.45) is 0 Å². The van der Waals surface area contributed by atoms with E-state index in [-0.39, 0.29) is 22.1 Å². The summed E-state index contributed by atoms with van der Waals surface area (Å²) in [6.07, 6.45) is 0.318. The molecule has 7 nitrogen and oxygen atoms in total. The Morgan fingerprint density at radius 3 is 2.56 bits per heavy atom. The maximum atomic E-state index is 12.8. The van der Waals surface area contributed by atoms with Crippen LogP contribution in [-0.4, -0.2) is 50.0 Å². The minimum absolute atomic E-state index is 0.0124. The van der Waals surface area contributed by atoms with Gasteiger partial charge in [0.2, 0.25) is 0 Å². The summed E-state index contributed by atoms with van der Waals surface area (Å²) in [5, 5.41) is 3.40. The van der Waals surface area contributed by atoms with Gasteiger partial charge in [0.25, 0.3) is 0 Å². The van der Waals surface area contributed by atoms with E-state index < -0.39 is 33.9 Å². The van der Waals surface area contributed by atoms with E-state index >= 15 is 0 Å². The van der Waals surface area contributed by atoms with Gasteiger partial charge >= 0.3 is 12.0 Å². The number of allylic oxidation sites excluding steroid dienone is 1. The van der Waals surface area contributed by atoms with Gasteiger partial charge in [-0.3, -0.25) is 4.90 Å². The second kappa shape index (κ2) is 7.33. The van der Waals surface area contributed by atoms with Gasteiger partial charge in [-0.25, -0.2) is 18.0 Å². The molecule has 2 aliphatic rings. The largest absolute Gasteiger partial charge is 0.466 e. The number of amides is 2. The van der Waals surface area contributed by atoms with Crippen molar-refractivity contribution in [1.82, 2.24) is 10.2 Å². The van der Waals surface area contributed by atoms with Gasteiger partial charge in [0, 0.05) is 5.70 Å². The molecule has 1 saturated heterocycles. The highest BCUT2D eigenvalue weighted by Gasteiger charge is 2.42. The number of methoxy groups -OCH3 is 1. The van der Waals surface area contributed by atoms with Crippen LogP contribution >= 0.6 is 23.2 Å². The number of carbonyl (C=O) groups excluding carboxylic acids is 2. The number of sulfone groups is 1. The molecule has 1 aromatic rings. The number of urea groups is 1. The fourth-order valence-electron chi connectivity index (χ4n) is 3.49. The molecule has 2 amide bonds. The molecular weight excluding hydrogens is 415 g/mol. The van der Waals surface area contributed by atoms with Crippen LogP contribution in [0.5, 0.6) is 0 Å². The van der Waals surface area contributed by atoms with Gasteiger partial charge in [0.15, 0.2) is 9.84 Å². The smallest absolute Gasteiger partial charge is 0.337 e. The summed E-state index contributed by atoms with van der Waals surface area (Å²) in [4.78, 5) is 26.6. The van der Waals surface area contributed by atoms with E-state index in [1.165, 1.54) is 12.0 Å². The van der Waals surface area contributed by atoms with Crippen LogP contribution in [-0.2, 0) is 19.4 Å². The second-order valence-electron chi connectivity index (χ2n) is 6.47. The van der Waals surface area contributed by atoms with Crippen LogP contribution in [0.4, 0.5) is 4.79 Å². The minimum atomic E-state index is -3.20. The monoisotopic (exact) mass is 432 g/mol. The van der Waals surface area contributed by atoms with Gasteiger partial charge in [-0.05, 0) is 31.0 Å². The fraction of sp³-hybridized carbons (Fsp3) is 0.412. The average molecular weight is 433 g/mol. The van der Waals surface area contributed by atoms with Crippen molar-refractivity contribution in [1.29, 1.82) is 0 Å². The summed E-state index contributed by atoms with van der Waals surface area (Å²) >= 11 is 12.0. The Kier molecular flexibility index (Phi) is 5.42. The molecule has 0 saturated carbocycles. The van der Waals surface area contributed by atoms with Crippen LogP contribution < -0.4 is 5.32 Å². The van der Waals surface area contributed by atoms with Gasteiger partial charge in [0.1, 0.15) is 0 Å². The first-order valence-electron chi connectivity index (χ1n) is 8.19. The Morgan fingerprint density at radius 2 is 2.00 bits per heavy atom. The van der Waals surface area contributed by atoms with Gasteiger partial charge in [-0.2, -0.15) is 0 Å². The summed E-state index contributed by atoms with van der Waals surface area (Å²) in [5.74, 6) is -0.739. The molecule has 2 heterocycles.